The molecule has 0 bridgehead atoms. The fourth-order valence-electron chi connectivity index (χ4n) is 4.93. The largest absolute Gasteiger partial charge is 0.382 e. The predicted octanol–water partition coefficient (Wildman–Crippen LogP) is 6.33. The molecule has 0 aliphatic carbocycles. The first-order valence-corrected chi connectivity index (χ1v) is 14.1. The lowest BCUT2D eigenvalue weighted by atomic mass is 9.97. The number of hydrogen-bond acceptors (Lipinski definition) is 6. The molecule has 1 heterocycles. The van der Waals surface area contributed by atoms with Crippen LogP contribution in [-0.2, 0) is 54.8 Å². The topological polar surface area (TPSA) is 55.4 Å². The van der Waals surface area contributed by atoms with Crippen molar-refractivity contribution in [2.45, 2.75) is 57.1 Å². The first-order valence-electron chi connectivity index (χ1n) is 14.1. The van der Waals surface area contributed by atoms with E-state index in [-0.39, 0.29) is 0 Å². The molecule has 1 unspecified atom stereocenters. The number of methoxy groups -OCH3 is 1. The Balaban J connectivity index is 1.43. The molecule has 4 aromatic rings. The fourth-order valence-corrected chi connectivity index (χ4v) is 4.93. The second-order valence-electron chi connectivity index (χ2n) is 10.1. The molecule has 0 amide bonds. The zero-order chi connectivity index (χ0) is 28.1. The Morgan fingerprint density at radius 3 is 1.24 bits per heavy atom. The molecule has 41 heavy (non-hydrogen) atoms. The lowest BCUT2D eigenvalue weighted by molar-refractivity contribution is -0.329. The van der Waals surface area contributed by atoms with Crippen LogP contribution in [0.4, 0.5) is 0 Å². The summed E-state index contributed by atoms with van der Waals surface area (Å²) in [6.45, 7) is 1.87. The molecule has 0 saturated carbocycles. The van der Waals surface area contributed by atoms with Crippen LogP contribution < -0.4 is 0 Å². The van der Waals surface area contributed by atoms with Gasteiger partial charge in [0.2, 0.25) is 0 Å². The summed E-state index contributed by atoms with van der Waals surface area (Å²) in [5.41, 5.74) is 4.23. The van der Waals surface area contributed by atoms with E-state index in [0.717, 1.165) is 22.3 Å². The van der Waals surface area contributed by atoms with Crippen molar-refractivity contribution in [3.63, 3.8) is 0 Å². The maximum Gasteiger partial charge on any atom is 0.187 e. The summed E-state index contributed by atoms with van der Waals surface area (Å²) >= 11 is 0. The highest BCUT2D eigenvalue weighted by atomic mass is 16.7. The van der Waals surface area contributed by atoms with E-state index in [0.29, 0.717) is 33.0 Å². The molecule has 0 spiro atoms. The summed E-state index contributed by atoms with van der Waals surface area (Å²) in [6.07, 6.45) is -2.64. The van der Waals surface area contributed by atoms with Crippen LogP contribution in [0.5, 0.6) is 0 Å². The quantitative estimate of drug-likeness (QED) is 0.182. The summed E-state index contributed by atoms with van der Waals surface area (Å²) in [4.78, 5) is 0. The molecule has 1 saturated heterocycles. The maximum absolute atomic E-state index is 6.66. The molecule has 214 valence electrons. The molecule has 1 aliphatic rings. The monoisotopic (exact) mass is 554 g/mol. The van der Waals surface area contributed by atoms with E-state index in [1.807, 2.05) is 109 Å². The van der Waals surface area contributed by atoms with Gasteiger partial charge in [0.25, 0.3) is 0 Å². The lowest BCUT2D eigenvalue weighted by Crippen LogP contribution is -2.61. The van der Waals surface area contributed by atoms with Crippen molar-refractivity contribution in [1.82, 2.24) is 0 Å². The molecule has 6 nitrogen and oxygen atoms in total. The van der Waals surface area contributed by atoms with Crippen LogP contribution >= 0.6 is 0 Å². The van der Waals surface area contributed by atoms with E-state index in [2.05, 4.69) is 12.1 Å². The minimum atomic E-state index is -0.698. The molecule has 1 aliphatic heterocycles. The minimum Gasteiger partial charge on any atom is -0.382 e. The Labute approximate surface area is 242 Å². The molecule has 0 radical (unpaired) electrons. The summed E-state index contributed by atoms with van der Waals surface area (Å²) in [6, 6.07) is 40.3. The van der Waals surface area contributed by atoms with Gasteiger partial charge >= 0.3 is 0 Å². The number of rotatable bonds is 14. The zero-order valence-electron chi connectivity index (χ0n) is 23.4. The van der Waals surface area contributed by atoms with Crippen LogP contribution in [0.3, 0.4) is 0 Å². The second kappa shape index (κ2) is 15.6. The van der Waals surface area contributed by atoms with Crippen molar-refractivity contribution in [3.8, 4) is 0 Å². The van der Waals surface area contributed by atoms with E-state index in [4.69, 9.17) is 28.4 Å². The predicted molar refractivity (Wildman–Crippen MR) is 157 cm³/mol. The molecule has 0 aromatic heterocycles. The van der Waals surface area contributed by atoms with Crippen LogP contribution in [0.15, 0.2) is 121 Å². The van der Waals surface area contributed by atoms with Crippen LogP contribution in [0, 0.1) is 0 Å². The Morgan fingerprint density at radius 2 is 0.829 bits per heavy atom. The zero-order valence-corrected chi connectivity index (χ0v) is 23.4. The normalized spacial score (nSPS) is 22.4. The van der Waals surface area contributed by atoms with E-state index >= 15 is 0 Å². The summed E-state index contributed by atoms with van der Waals surface area (Å²) < 4.78 is 38.4. The average molecular weight is 555 g/mol. The molecule has 5 atom stereocenters. The van der Waals surface area contributed by atoms with Gasteiger partial charge in [-0.3, -0.25) is 0 Å². The first-order chi connectivity index (χ1) is 20.3. The SMILES string of the molecule is COC[C@H]1OC(OCc2ccccc2)[C@H](OCc2ccccc2)[C@@H](OCc2ccccc2)[C@@H]1OCc1ccccc1. The highest BCUT2D eigenvalue weighted by Gasteiger charge is 2.49. The number of benzene rings is 4. The smallest absolute Gasteiger partial charge is 0.187 e. The van der Waals surface area contributed by atoms with E-state index in [9.17, 15) is 0 Å². The summed E-state index contributed by atoms with van der Waals surface area (Å²) in [7, 11) is 1.66. The lowest BCUT2D eigenvalue weighted by Gasteiger charge is -2.45. The molecular formula is C35H38O6. The van der Waals surface area contributed by atoms with E-state index in [1.165, 1.54) is 0 Å². The van der Waals surface area contributed by atoms with Gasteiger partial charge in [0.15, 0.2) is 6.29 Å². The van der Waals surface area contributed by atoms with Gasteiger partial charge in [-0.05, 0) is 22.3 Å². The Bertz CT molecular complexity index is 1260. The van der Waals surface area contributed by atoms with Gasteiger partial charge in [-0.1, -0.05) is 121 Å². The fraction of sp³-hybridized carbons (Fsp3) is 0.314. The molecule has 6 heteroatoms. The molecule has 0 N–H and O–H groups in total. The third-order valence-electron chi connectivity index (χ3n) is 7.04. The Kier molecular flexibility index (Phi) is 11.1. The van der Waals surface area contributed by atoms with Gasteiger partial charge in [0.05, 0.1) is 33.0 Å². The van der Waals surface area contributed by atoms with Gasteiger partial charge in [0.1, 0.15) is 24.4 Å². The van der Waals surface area contributed by atoms with Crippen LogP contribution in [-0.4, -0.2) is 44.4 Å². The highest BCUT2D eigenvalue weighted by molar-refractivity contribution is 5.16. The van der Waals surface area contributed by atoms with Crippen molar-refractivity contribution in [2.24, 2.45) is 0 Å². The molecular weight excluding hydrogens is 516 g/mol. The number of hydrogen-bond donors (Lipinski definition) is 0. The van der Waals surface area contributed by atoms with Gasteiger partial charge in [0, 0.05) is 7.11 Å². The maximum atomic E-state index is 6.66. The summed E-state index contributed by atoms with van der Waals surface area (Å²) in [5.74, 6) is 0. The molecule has 5 rings (SSSR count). The minimum absolute atomic E-state index is 0.321. The van der Waals surface area contributed by atoms with Crippen molar-refractivity contribution in [2.75, 3.05) is 13.7 Å². The summed E-state index contributed by atoms with van der Waals surface area (Å²) in [5, 5.41) is 0. The van der Waals surface area contributed by atoms with Gasteiger partial charge in [-0.2, -0.15) is 0 Å². The Hall–Kier alpha value is -3.36. The van der Waals surface area contributed by atoms with Crippen molar-refractivity contribution in [1.29, 1.82) is 0 Å². The van der Waals surface area contributed by atoms with Crippen LogP contribution in [0.25, 0.3) is 0 Å². The van der Waals surface area contributed by atoms with Gasteiger partial charge < -0.3 is 28.4 Å². The second-order valence-corrected chi connectivity index (χ2v) is 10.1. The third-order valence-corrected chi connectivity index (χ3v) is 7.04. The first kappa shape index (κ1) is 29.1. The van der Waals surface area contributed by atoms with Crippen LogP contribution in [0.1, 0.15) is 22.3 Å². The molecule has 4 aromatic carbocycles. The number of ether oxygens (including phenoxy) is 6. The standard InChI is InChI=1S/C35H38O6/c1-36-26-31-32(37-22-27-14-6-2-7-15-27)33(38-23-28-16-8-3-9-17-28)34(39-24-29-18-10-4-11-19-29)35(41-31)40-25-30-20-12-5-13-21-30/h2-21,31-35H,22-26H2,1H3/t31-,32-,33+,34-,35?/m1/s1. The van der Waals surface area contributed by atoms with Gasteiger partial charge in [-0.15, -0.1) is 0 Å². The Morgan fingerprint density at radius 1 is 0.463 bits per heavy atom. The average Bonchev–Trinajstić information content (AvgIpc) is 3.03. The third kappa shape index (κ3) is 8.57. The van der Waals surface area contributed by atoms with Crippen molar-refractivity contribution < 1.29 is 28.4 Å². The van der Waals surface area contributed by atoms with E-state index < -0.39 is 30.7 Å². The highest BCUT2D eigenvalue weighted by Crippen LogP contribution is 2.32. The molecule has 1 fully saturated rings. The van der Waals surface area contributed by atoms with Gasteiger partial charge in [-0.25, -0.2) is 0 Å². The van der Waals surface area contributed by atoms with Crippen LogP contribution in [0.2, 0.25) is 0 Å². The van der Waals surface area contributed by atoms with E-state index in [1.54, 1.807) is 7.11 Å². The van der Waals surface area contributed by atoms with Crippen molar-refractivity contribution in [3.05, 3.63) is 144 Å². The van der Waals surface area contributed by atoms with Crippen molar-refractivity contribution >= 4 is 0 Å².